The van der Waals surface area contributed by atoms with Crippen LogP contribution in [0, 0.1) is 0 Å². The van der Waals surface area contributed by atoms with Gasteiger partial charge in [-0.15, -0.1) is 0 Å². The Labute approximate surface area is 240 Å². The van der Waals surface area contributed by atoms with E-state index < -0.39 is 23.9 Å². The Morgan fingerprint density at radius 2 is 1.73 bits per heavy atom. The van der Waals surface area contributed by atoms with E-state index in [2.05, 4.69) is 39.0 Å². The lowest BCUT2D eigenvalue weighted by molar-refractivity contribution is -0.433. The van der Waals surface area contributed by atoms with Gasteiger partial charge in [-0.1, -0.05) is 55.0 Å². The summed E-state index contributed by atoms with van der Waals surface area (Å²) in [6.07, 6.45) is 10.1. The molecular weight excluding hydrogens is 518 g/mol. The van der Waals surface area contributed by atoms with E-state index in [0.717, 1.165) is 49.0 Å². The molecule has 2 bridgehead atoms. The molecule has 9 nitrogen and oxygen atoms in total. The van der Waals surface area contributed by atoms with Crippen LogP contribution >= 0.6 is 0 Å². The smallest absolute Gasteiger partial charge is 0.246 e. The zero-order valence-corrected chi connectivity index (χ0v) is 23.2. The summed E-state index contributed by atoms with van der Waals surface area (Å²) >= 11 is 0. The molecule has 2 aliphatic heterocycles. The molecule has 3 amide bonds. The van der Waals surface area contributed by atoms with Crippen molar-refractivity contribution in [2.45, 2.75) is 63.1 Å². The number of rotatable bonds is 8. The predicted molar refractivity (Wildman–Crippen MR) is 156 cm³/mol. The number of nitrogens with zero attached hydrogens (tertiary/aromatic N) is 2. The standard InChI is InChI=1S/C32H37N5O4/c38-30(35-41-23-24-12-4-3-5-13-24)21-29(36-17-10-11-18-36)32(40)34-27-20-25-22-37(28-15-7-6-14-26(25)28)19-9-2-1-8-16-33-31(27)39/h3-7,10-15,17-18,22,25,27,29H,1-2,8-9,16,19-21,23H2,(H2-,33,34,35,38,39,40)/p+1/t25?,27-,29+/m0/s1. The third-order valence-electron chi connectivity index (χ3n) is 7.69. The highest BCUT2D eigenvalue weighted by Crippen LogP contribution is 2.34. The maximum Gasteiger partial charge on any atom is 0.246 e. The molecule has 0 radical (unpaired) electrons. The monoisotopic (exact) mass is 556 g/mol. The fraction of sp³-hybridized carbons (Fsp3) is 0.375. The normalized spacial score (nSPS) is 19.8. The van der Waals surface area contributed by atoms with Crippen LogP contribution in [0.4, 0.5) is 5.69 Å². The Morgan fingerprint density at radius 3 is 2.56 bits per heavy atom. The maximum atomic E-state index is 13.7. The number of hydrogen-bond donors (Lipinski definition) is 3. The fourth-order valence-corrected chi connectivity index (χ4v) is 5.55. The molecule has 0 spiro atoms. The summed E-state index contributed by atoms with van der Waals surface area (Å²) in [6, 6.07) is 19.8. The van der Waals surface area contributed by atoms with E-state index in [-0.39, 0.29) is 24.9 Å². The van der Waals surface area contributed by atoms with Crippen molar-refractivity contribution in [1.29, 1.82) is 0 Å². The molecule has 3 aromatic rings. The molecule has 3 heterocycles. The summed E-state index contributed by atoms with van der Waals surface area (Å²) in [7, 11) is 0. The van der Waals surface area contributed by atoms with Gasteiger partial charge >= 0.3 is 0 Å². The molecule has 0 aliphatic carbocycles. The van der Waals surface area contributed by atoms with Gasteiger partial charge in [0.1, 0.15) is 18.6 Å². The molecule has 2 aliphatic rings. The summed E-state index contributed by atoms with van der Waals surface area (Å²) in [5, 5.41) is 6.02. The summed E-state index contributed by atoms with van der Waals surface area (Å²) in [5.74, 6) is -1.04. The van der Waals surface area contributed by atoms with Crippen LogP contribution in [-0.2, 0) is 25.8 Å². The van der Waals surface area contributed by atoms with Crippen LogP contribution in [0.3, 0.4) is 0 Å². The van der Waals surface area contributed by atoms with Gasteiger partial charge in [-0.05, 0) is 37.0 Å². The lowest BCUT2D eigenvalue weighted by Gasteiger charge is -2.24. The first-order chi connectivity index (χ1) is 20.1. The van der Waals surface area contributed by atoms with E-state index in [9.17, 15) is 14.4 Å². The van der Waals surface area contributed by atoms with Gasteiger partial charge in [0.2, 0.25) is 23.4 Å². The molecule has 5 rings (SSSR count). The molecule has 1 aromatic heterocycles. The van der Waals surface area contributed by atoms with Crippen LogP contribution in [0.15, 0.2) is 79.1 Å². The Balaban J connectivity index is 1.29. The average molecular weight is 557 g/mol. The number of carbonyl (C=O) groups excluding carboxylic acids is 3. The second-order valence-electron chi connectivity index (χ2n) is 10.7. The number of hydroxylamine groups is 1. The van der Waals surface area contributed by atoms with E-state index in [4.69, 9.17) is 4.84 Å². The molecule has 0 saturated carbocycles. The van der Waals surface area contributed by atoms with Crippen molar-refractivity contribution in [2.24, 2.45) is 0 Å². The zero-order valence-electron chi connectivity index (χ0n) is 23.2. The van der Waals surface area contributed by atoms with Gasteiger partial charge in [0.05, 0.1) is 18.9 Å². The number of benzene rings is 2. The van der Waals surface area contributed by atoms with E-state index in [1.165, 1.54) is 0 Å². The quantitative estimate of drug-likeness (QED) is 0.290. The van der Waals surface area contributed by atoms with Gasteiger partial charge in [0.25, 0.3) is 0 Å². The molecule has 214 valence electrons. The molecule has 3 atom stereocenters. The first kappa shape index (κ1) is 28.3. The highest BCUT2D eigenvalue weighted by molar-refractivity contribution is 5.92. The van der Waals surface area contributed by atoms with Crippen molar-refractivity contribution in [3.8, 4) is 0 Å². The fourth-order valence-electron chi connectivity index (χ4n) is 5.55. The summed E-state index contributed by atoms with van der Waals surface area (Å²) in [6.45, 7) is 1.72. The molecule has 0 fully saturated rings. The van der Waals surface area contributed by atoms with Crippen LogP contribution in [0.5, 0.6) is 0 Å². The van der Waals surface area contributed by atoms with Crippen molar-refractivity contribution in [3.05, 3.63) is 90.3 Å². The van der Waals surface area contributed by atoms with E-state index in [1.54, 1.807) is 29.1 Å². The Morgan fingerprint density at radius 1 is 0.976 bits per heavy atom. The molecule has 1 unspecified atom stereocenters. The molecule has 2 aromatic carbocycles. The Bertz CT molecular complexity index is 1360. The first-order valence-corrected chi connectivity index (χ1v) is 14.4. The van der Waals surface area contributed by atoms with Gasteiger partial charge < -0.3 is 15.2 Å². The number of hydrogen-bond acceptors (Lipinski definition) is 4. The summed E-state index contributed by atoms with van der Waals surface area (Å²) < 4.78 is 3.97. The largest absolute Gasteiger partial charge is 0.354 e. The number of para-hydroxylation sites is 1. The molecular formula is C32H38N5O4+. The lowest BCUT2D eigenvalue weighted by atomic mass is 9.93. The average Bonchev–Trinajstić information content (AvgIpc) is 3.64. The van der Waals surface area contributed by atoms with Gasteiger partial charge in [0.15, 0.2) is 6.21 Å². The Hall–Kier alpha value is -4.24. The van der Waals surface area contributed by atoms with Crippen LogP contribution in [0.25, 0.3) is 0 Å². The van der Waals surface area contributed by atoms with Crippen LogP contribution in [-0.4, -0.2) is 52.2 Å². The van der Waals surface area contributed by atoms with Crippen LogP contribution < -0.4 is 16.1 Å². The SMILES string of the molecule is O=C(C[C@H](C(=O)N[C@H]1CC2C=[N+](CCCCCCNC1=O)c1ccccc12)n1cccc1)NOCc1ccccc1. The minimum atomic E-state index is -0.848. The van der Waals surface area contributed by atoms with Crippen molar-refractivity contribution in [2.75, 3.05) is 13.1 Å². The second kappa shape index (κ2) is 13.9. The summed E-state index contributed by atoms with van der Waals surface area (Å²) in [4.78, 5) is 45.3. The number of carbonyl (C=O) groups is 3. The number of fused-ring (bicyclic) bond motifs is 4. The Kier molecular flexibility index (Phi) is 9.59. The van der Waals surface area contributed by atoms with Crippen molar-refractivity contribution in [1.82, 2.24) is 20.7 Å². The zero-order chi connectivity index (χ0) is 28.4. The van der Waals surface area contributed by atoms with Crippen LogP contribution in [0.1, 0.15) is 61.6 Å². The maximum absolute atomic E-state index is 13.7. The van der Waals surface area contributed by atoms with Crippen molar-refractivity contribution < 1.29 is 23.8 Å². The third kappa shape index (κ3) is 7.49. The minimum absolute atomic E-state index is 0.0114. The van der Waals surface area contributed by atoms with E-state index in [1.807, 2.05) is 42.5 Å². The summed E-state index contributed by atoms with van der Waals surface area (Å²) in [5.41, 5.74) is 5.70. The molecule has 41 heavy (non-hydrogen) atoms. The minimum Gasteiger partial charge on any atom is -0.354 e. The topological polar surface area (TPSA) is 104 Å². The van der Waals surface area contributed by atoms with Crippen molar-refractivity contribution in [3.63, 3.8) is 0 Å². The highest BCUT2D eigenvalue weighted by atomic mass is 16.6. The van der Waals surface area contributed by atoms with E-state index in [0.29, 0.717) is 13.0 Å². The third-order valence-corrected chi connectivity index (χ3v) is 7.69. The van der Waals surface area contributed by atoms with Gasteiger partial charge in [-0.3, -0.25) is 19.2 Å². The van der Waals surface area contributed by atoms with Crippen LogP contribution in [0.2, 0.25) is 0 Å². The highest BCUT2D eigenvalue weighted by Gasteiger charge is 2.36. The van der Waals surface area contributed by atoms with Gasteiger partial charge in [-0.25, -0.2) is 10.1 Å². The first-order valence-electron chi connectivity index (χ1n) is 14.4. The van der Waals surface area contributed by atoms with Gasteiger partial charge in [0, 0.05) is 37.0 Å². The molecule has 0 saturated heterocycles. The molecule has 3 N–H and O–H groups in total. The second-order valence-corrected chi connectivity index (χ2v) is 10.7. The van der Waals surface area contributed by atoms with Gasteiger partial charge in [-0.2, -0.15) is 0 Å². The number of nitrogens with one attached hydrogen (secondary N) is 3. The molecule has 9 heteroatoms. The van der Waals surface area contributed by atoms with Crippen molar-refractivity contribution >= 4 is 29.6 Å². The van der Waals surface area contributed by atoms with E-state index >= 15 is 0 Å². The number of amides is 3. The predicted octanol–water partition coefficient (Wildman–Crippen LogP) is 3.74. The lowest BCUT2D eigenvalue weighted by Crippen LogP contribution is -2.50. The number of aromatic nitrogens is 1.